The molecule has 1 atom stereocenters. The molecule has 1 N–H and O–H groups in total. The second kappa shape index (κ2) is 8.47. The first-order valence-electron chi connectivity index (χ1n) is 8.59. The van der Waals surface area contributed by atoms with Gasteiger partial charge in [-0.1, -0.05) is 39.5 Å². The van der Waals surface area contributed by atoms with Gasteiger partial charge in [0.2, 0.25) is 0 Å². The Bertz CT molecular complexity index is 413. The van der Waals surface area contributed by atoms with Crippen molar-refractivity contribution < 1.29 is 4.39 Å². The summed E-state index contributed by atoms with van der Waals surface area (Å²) >= 11 is 0. The maximum absolute atomic E-state index is 14.1. The zero-order valence-electron chi connectivity index (χ0n) is 13.4. The Morgan fingerprint density at radius 2 is 2.00 bits per heavy atom. The van der Waals surface area contributed by atoms with Crippen LogP contribution in [0.5, 0.6) is 0 Å². The molecule has 0 bridgehead atoms. The molecule has 3 heteroatoms. The molecule has 2 nitrogen and oxygen atoms in total. The van der Waals surface area contributed by atoms with Crippen LogP contribution in [0, 0.1) is 17.7 Å². The molecule has 1 heterocycles. The number of nitrogens with one attached hydrogen (secondary N) is 1. The van der Waals surface area contributed by atoms with Crippen molar-refractivity contribution in [1.82, 2.24) is 10.3 Å². The SMILES string of the molecule is CCCNC(c1ccncc1F)C1CCC(CCC)CC1. The van der Waals surface area contributed by atoms with Crippen molar-refractivity contribution in [3.8, 4) is 0 Å². The van der Waals surface area contributed by atoms with Crippen LogP contribution in [0.2, 0.25) is 0 Å². The summed E-state index contributed by atoms with van der Waals surface area (Å²) in [6.07, 6.45) is 11.8. The van der Waals surface area contributed by atoms with Gasteiger partial charge in [-0.05, 0) is 43.7 Å². The molecule has 0 radical (unpaired) electrons. The Morgan fingerprint density at radius 1 is 1.24 bits per heavy atom. The first-order chi connectivity index (χ1) is 10.3. The number of halogens is 1. The van der Waals surface area contributed by atoms with E-state index in [1.165, 1.54) is 44.7 Å². The predicted molar refractivity (Wildman–Crippen MR) is 85.6 cm³/mol. The van der Waals surface area contributed by atoms with Gasteiger partial charge < -0.3 is 5.32 Å². The third kappa shape index (κ3) is 4.50. The van der Waals surface area contributed by atoms with Crippen molar-refractivity contribution in [2.75, 3.05) is 6.54 Å². The van der Waals surface area contributed by atoms with E-state index in [0.29, 0.717) is 5.92 Å². The van der Waals surface area contributed by atoms with Gasteiger partial charge in [0.25, 0.3) is 0 Å². The summed E-state index contributed by atoms with van der Waals surface area (Å²) in [7, 11) is 0. The summed E-state index contributed by atoms with van der Waals surface area (Å²) in [5, 5.41) is 3.58. The van der Waals surface area contributed by atoms with Crippen LogP contribution in [0.25, 0.3) is 0 Å². The van der Waals surface area contributed by atoms with Gasteiger partial charge >= 0.3 is 0 Å². The Hall–Kier alpha value is -0.960. The van der Waals surface area contributed by atoms with E-state index >= 15 is 0 Å². The lowest BCUT2D eigenvalue weighted by Gasteiger charge is -2.35. The first-order valence-corrected chi connectivity index (χ1v) is 8.59. The highest BCUT2D eigenvalue weighted by Crippen LogP contribution is 2.38. The molecule has 1 aromatic heterocycles. The summed E-state index contributed by atoms with van der Waals surface area (Å²) in [6.45, 7) is 5.37. The molecule has 0 amide bonds. The fourth-order valence-corrected chi connectivity index (χ4v) is 3.69. The lowest BCUT2D eigenvalue weighted by Crippen LogP contribution is -2.32. The predicted octanol–water partition coefficient (Wildman–Crippen LogP) is 4.87. The molecule has 0 aromatic carbocycles. The van der Waals surface area contributed by atoms with Crippen LogP contribution < -0.4 is 5.32 Å². The Kier molecular flexibility index (Phi) is 6.62. The van der Waals surface area contributed by atoms with E-state index in [9.17, 15) is 4.39 Å². The molecule has 1 aromatic rings. The summed E-state index contributed by atoms with van der Waals surface area (Å²) in [4.78, 5) is 3.89. The molecule has 0 spiro atoms. The van der Waals surface area contributed by atoms with Gasteiger partial charge in [0.15, 0.2) is 0 Å². The number of aromatic nitrogens is 1. The van der Waals surface area contributed by atoms with Crippen LogP contribution in [0.3, 0.4) is 0 Å². The Morgan fingerprint density at radius 3 is 2.62 bits per heavy atom. The molecule has 1 aliphatic carbocycles. The number of hydrogen-bond donors (Lipinski definition) is 1. The van der Waals surface area contributed by atoms with Crippen LogP contribution in [0.15, 0.2) is 18.5 Å². The van der Waals surface area contributed by atoms with Crippen molar-refractivity contribution in [3.63, 3.8) is 0 Å². The fourth-order valence-electron chi connectivity index (χ4n) is 3.69. The van der Waals surface area contributed by atoms with Crippen molar-refractivity contribution >= 4 is 0 Å². The summed E-state index contributed by atoms with van der Waals surface area (Å²) in [5.41, 5.74) is 0.803. The van der Waals surface area contributed by atoms with E-state index in [2.05, 4.69) is 24.1 Å². The van der Waals surface area contributed by atoms with Gasteiger partial charge in [-0.25, -0.2) is 4.39 Å². The van der Waals surface area contributed by atoms with Crippen LogP contribution in [0.4, 0.5) is 4.39 Å². The highest BCUT2D eigenvalue weighted by molar-refractivity contribution is 5.18. The van der Waals surface area contributed by atoms with E-state index in [0.717, 1.165) is 24.4 Å². The highest BCUT2D eigenvalue weighted by Gasteiger charge is 2.29. The topological polar surface area (TPSA) is 24.9 Å². The third-order valence-corrected chi connectivity index (χ3v) is 4.81. The van der Waals surface area contributed by atoms with Crippen molar-refractivity contribution in [3.05, 3.63) is 29.8 Å². The minimum atomic E-state index is -0.165. The monoisotopic (exact) mass is 292 g/mol. The van der Waals surface area contributed by atoms with Crippen molar-refractivity contribution in [2.45, 2.75) is 64.8 Å². The maximum Gasteiger partial charge on any atom is 0.146 e. The third-order valence-electron chi connectivity index (χ3n) is 4.81. The van der Waals surface area contributed by atoms with E-state index < -0.39 is 0 Å². The average molecular weight is 292 g/mol. The largest absolute Gasteiger partial charge is 0.310 e. The molecule has 1 fully saturated rings. The molecule has 2 rings (SSSR count). The zero-order valence-corrected chi connectivity index (χ0v) is 13.4. The molecule has 1 aliphatic rings. The standard InChI is InChI=1S/C18H29FN2/c1-3-5-14-6-8-15(9-7-14)18(21-11-4-2)16-10-12-20-13-17(16)19/h10,12-15,18,21H,3-9,11H2,1-2H3. The molecule has 0 saturated heterocycles. The molecule has 118 valence electrons. The maximum atomic E-state index is 14.1. The molecule has 0 aliphatic heterocycles. The zero-order chi connectivity index (χ0) is 15.1. The quantitative estimate of drug-likeness (QED) is 0.775. The van der Waals surface area contributed by atoms with Gasteiger partial charge in [-0.3, -0.25) is 4.98 Å². The van der Waals surface area contributed by atoms with E-state index in [4.69, 9.17) is 0 Å². The summed E-state index contributed by atoms with van der Waals surface area (Å²) in [6, 6.07) is 2.00. The number of hydrogen-bond acceptors (Lipinski definition) is 2. The molecular formula is C18H29FN2. The van der Waals surface area contributed by atoms with Gasteiger partial charge in [-0.15, -0.1) is 0 Å². The molecule has 21 heavy (non-hydrogen) atoms. The second-order valence-electron chi connectivity index (χ2n) is 6.40. The van der Waals surface area contributed by atoms with Gasteiger partial charge in [-0.2, -0.15) is 0 Å². The van der Waals surface area contributed by atoms with E-state index in [1.807, 2.05) is 6.07 Å². The van der Waals surface area contributed by atoms with Gasteiger partial charge in [0.05, 0.1) is 6.20 Å². The van der Waals surface area contributed by atoms with Crippen LogP contribution in [0.1, 0.15) is 70.4 Å². The minimum absolute atomic E-state index is 0.149. The summed E-state index contributed by atoms with van der Waals surface area (Å²) in [5.74, 6) is 1.28. The van der Waals surface area contributed by atoms with Crippen molar-refractivity contribution in [2.24, 2.45) is 11.8 Å². The smallest absolute Gasteiger partial charge is 0.146 e. The number of rotatable bonds is 7. The number of nitrogens with zero attached hydrogens (tertiary/aromatic N) is 1. The lowest BCUT2D eigenvalue weighted by atomic mass is 9.75. The Balaban J connectivity index is 2.05. The average Bonchev–Trinajstić information content (AvgIpc) is 2.51. The number of pyridine rings is 1. The lowest BCUT2D eigenvalue weighted by molar-refractivity contribution is 0.212. The minimum Gasteiger partial charge on any atom is -0.310 e. The Labute approximate surface area is 128 Å². The first kappa shape index (κ1) is 16.4. The molecular weight excluding hydrogens is 263 g/mol. The normalized spacial score (nSPS) is 24.0. The van der Waals surface area contributed by atoms with Crippen molar-refractivity contribution in [1.29, 1.82) is 0 Å². The van der Waals surface area contributed by atoms with Gasteiger partial charge in [0.1, 0.15) is 5.82 Å². The van der Waals surface area contributed by atoms with E-state index in [1.54, 1.807) is 6.20 Å². The van der Waals surface area contributed by atoms with Crippen LogP contribution in [-0.2, 0) is 0 Å². The highest BCUT2D eigenvalue weighted by atomic mass is 19.1. The summed E-state index contributed by atoms with van der Waals surface area (Å²) < 4.78 is 14.1. The van der Waals surface area contributed by atoms with Crippen LogP contribution >= 0.6 is 0 Å². The fraction of sp³-hybridized carbons (Fsp3) is 0.722. The second-order valence-corrected chi connectivity index (χ2v) is 6.40. The van der Waals surface area contributed by atoms with E-state index in [-0.39, 0.29) is 11.9 Å². The molecule has 1 saturated carbocycles. The van der Waals surface area contributed by atoms with Gasteiger partial charge in [0, 0.05) is 17.8 Å². The van der Waals surface area contributed by atoms with Crippen LogP contribution in [-0.4, -0.2) is 11.5 Å². The molecule has 1 unspecified atom stereocenters.